The summed E-state index contributed by atoms with van der Waals surface area (Å²) in [6, 6.07) is 33.6. The van der Waals surface area contributed by atoms with E-state index in [1.54, 1.807) is 6.07 Å². The van der Waals surface area contributed by atoms with Crippen molar-refractivity contribution in [3.8, 4) is 11.1 Å². The molecule has 0 aromatic heterocycles. The fourth-order valence-electron chi connectivity index (χ4n) is 5.64. The van der Waals surface area contributed by atoms with Crippen molar-refractivity contribution in [1.29, 1.82) is 0 Å². The first-order chi connectivity index (χ1) is 17.6. The summed E-state index contributed by atoms with van der Waals surface area (Å²) < 4.78 is 25.9. The number of nitrogens with zero attached hydrogens (tertiary/aromatic N) is 1. The summed E-state index contributed by atoms with van der Waals surface area (Å²) in [5, 5.41) is -0.316. The van der Waals surface area contributed by atoms with Crippen molar-refractivity contribution >= 4 is 42.8 Å². The van der Waals surface area contributed by atoms with E-state index >= 15 is 0 Å². The zero-order valence-electron chi connectivity index (χ0n) is 21.2. The fraction of sp³-hybridized carbons (Fsp3) is 0.250. The number of hydrogen-bond donors (Lipinski definition) is 0. The summed E-state index contributed by atoms with van der Waals surface area (Å²) in [5.41, 5.74) is 7.75. The zero-order chi connectivity index (χ0) is 25.9. The van der Waals surface area contributed by atoms with E-state index in [0.29, 0.717) is 4.90 Å². The van der Waals surface area contributed by atoms with Gasteiger partial charge in [0.05, 0.1) is 10.1 Å². The average Bonchev–Trinajstić information content (AvgIpc) is 3.06. The number of halogens is 1. The molecule has 1 saturated carbocycles. The molecule has 0 saturated heterocycles. The van der Waals surface area contributed by atoms with Crippen LogP contribution >= 0.6 is 15.9 Å². The van der Waals surface area contributed by atoms with Crippen molar-refractivity contribution in [3.05, 3.63) is 108 Å². The Morgan fingerprint density at radius 3 is 2.08 bits per heavy atom. The maximum Gasteiger partial charge on any atom is 0.183 e. The smallest absolute Gasteiger partial charge is 0.183 e. The average molecular weight is 573 g/mol. The second kappa shape index (κ2) is 8.85. The molecular formula is C32H30BrNO2S. The molecule has 5 heteroatoms. The lowest BCUT2D eigenvalue weighted by Crippen LogP contribution is -2.41. The lowest BCUT2D eigenvalue weighted by Gasteiger charge is -2.35. The van der Waals surface area contributed by atoms with Crippen molar-refractivity contribution < 1.29 is 8.42 Å². The summed E-state index contributed by atoms with van der Waals surface area (Å²) in [5.74, 6) is 0.104. The van der Waals surface area contributed by atoms with Crippen LogP contribution in [0, 0.1) is 0 Å². The van der Waals surface area contributed by atoms with Gasteiger partial charge in [-0.05, 0) is 82.6 Å². The predicted octanol–water partition coefficient (Wildman–Crippen LogP) is 8.53. The van der Waals surface area contributed by atoms with Gasteiger partial charge in [0.2, 0.25) is 0 Å². The van der Waals surface area contributed by atoms with Gasteiger partial charge in [-0.15, -0.1) is 0 Å². The van der Waals surface area contributed by atoms with E-state index in [1.165, 1.54) is 5.56 Å². The van der Waals surface area contributed by atoms with Gasteiger partial charge in [0.25, 0.3) is 0 Å². The van der Waals surface area contributed by atoms with Gasteiger partial charge in [-0.3, -0.25) is 0 Å². The van der Waals surface area contributed by atoms with E-state index in [0.717, 1.165) is 40.2 Å². The van der Waals surface area contributed by atoms with Crippen LogP contribution in [0.4, 0.5) is 17.1 Å². The second-order valence-corrected chi connectivity index (χ2v) is 14.4. The zero-order valence-corrected chi connectivity index (χ0v) is 23.6. The first-order valence-corrected chi connectivity index (χ1v) is 15.2. The number of para-hydroxylation sites is 1. The molecule has 188 valence electrons. The second-order valence-electron chi connectivity index (χ2n) is 11.1. The summed E-state index contributed by atoms with van der Waals surface area (Å²) in [6.45, 7) is 6.71. The van der Waals surface area contributed by atoms with Gasteiger partial charge in [-0.2, -0.15) is 0 Å². The lowest BCUT2D eigenvalue weighted by molar-refractivity contribution is 0.445. The Morgan fingerprint density at radius 2 is 1.41 bits per heavy atom. The van der Waals surface area contributed by atoms with Crippen LogP contribution in [0.5, 0.6) is 0 Å². The minimum absolute atomic E-state index is 0.0531. The van der Waals surface area contributed by atoms with Gasteiger partial charge in [0, 0.05) is 27.8 Å². The van der Waals surface area contributed by atoms with Crippen LogP contribution in [0.15, 0.2) is 102 Å². The number of fused-ring (bicyclic) bond motifs is 3. The molecule has 0 radical (unpaired) electrons. The van der Waals surface area contributed by atoms with E-state index in [1.807, 2.05) is 12.1 Å². The van der Waals surface area contributed by atoms with Crippen LogP contribution in [0.1, 0.15) is 44.2 Å². The molecule has 1 aliphatic heterocycles. The SMILES string of the molecule is CC(C)(C)c1cccc(N(c2ccccc2)c2ccc(-c3ccc4c(c3)C3C[C@@H](Br)C3S4(=O)=O)cc2)c1. The van der Waals surface area contributed by atoms with Gasteiger partial charge in [-0.1, -0.05) is 85.2 Å². The van der Waals surface area contributed by atoms with E-state index < -0.39 is 9.84 Å². The molecule has 3 atom stereocenters. The molecular weight excluding hydrogens is 542 g/mol. The Morgan fingerprint density at radius 1 is 0.757 bits per heavy atom. The van der Waals surface area contributed by atoms with Crippen LogP contribution < -0.4 is 4.90 Å². The van der Waals surface area contributed by atoms with Gasteiger partial charge in [0.15, 0.2) is 9.84 Å². The molecule has 0 spiro atoms. The van der Waals surface area contributed by atoms with Gasteiger partial charge in [-0.25, -0.2) is 8.42 Å². The van der Waals surface area contributed by atoms with Crippen LogP contribution in [-0.2, 0) is 15.3 Å². The Balaban J connectivity index is 1.38. The highest BCUT2D eigenvalue weighted by molar-refractivity contribution is 9.09. The first-order valence-electron chi connectivity index (χ1n) is 12.7. The summed E-state index contributed by atoms with van der Waals surface area (Å²) in [7, 11) is -3.24. The van der Waals surface area contributed by atoms with Crippen LogP contribution in [0.2, 0.25) is 0 Å². The van der Waals surface area contributed by atoms with Crippen molar-refractivity contribution in [1.82, 2.24) is 0 Å². The quantitative estimate of drug-likeness (QED) is 0.230. The van der Waals surface area contributed by atoms with Crippen LogP contribution in [0.3, 0.4) is 0 Å². The molecule has 4 aromatic rings. The normalized spacial score (nSPS) is 21.6. The highest BCUT2D eigenvalue weighted by Gasteiger charge is 2.55. The minimum Gasteiger partial charge on any atom is -0.310 e. The molecule has 37 heavy (non-hydrogen) atoms. The largest absolute Gasteiger partial charge is 0.310 e. The molecule has 3 nitrogen and oxygen atoms in total. The van der Waals surface area contributed by atoms with Crippen molar-refractivity contribution in [2.75, 3.05) is 4.90 Å². The van der Waals surface area contributed by atoms with Crippen molar-refractivity contribution in [3.63, 3.8) is 0 Å². The molecule has 2 aliphatic rings. The molecule has 1 aliphatic carbocycles. The summed E-state index contributed by atoms with van der Waals surface area (Å²) >= 11 is 3.56. The van der Waals surface area contributed by atoms with Crippen molar-refractivity contribution in [2.45, 2.75) is 53.5 Å². The third-order valence-corrected chi connectivity index (χ3v) is 11.4. The standard InChI is InChI=1S/C32H30BrNO2S/c1-32(2,3)23-8-7-11-26(19-23)34(24-9-5-4-6-10-24)25-15-12-21(13-16-25)22-14-17-30-27(18-22)28-20-29(33)31(28)37(30,35)36/h4-19,28-29,31H,20H2,1-3H3/t28?,29-,31?/m1/s1. The molecule has 1 heterocycles. The number of sulfone groups is 1. The third-order valence-electron chi connectivity index (χ3n) is 7.75. The minimum atomic E-state index is -3.24. The number of benzene rings is 4. The lowest BCUT2D eigenvalue weighted by atomic mass is 9.79. The highest BCUT2D eigenvalue weighted by atomic mass is 79.9. The Labute approximate surface area is 228 Å². The number of alkyl halides is 1. The van der Waals surface area contributed by atoms with Crippen LogP contribution in [0.25, 0.3) is 11.1 Å². The number of hydrogen-bond acceptors (Lipinski definition) is 3. The Bertz CT molecular complexity index is 1570. The Kier molecular flexibility index (Phi) is 5.85. The number of anilines is 3. The monoisotopic (exact) mass is 571 g/mol. The fourth-order valence-corrected chi connectivity index (χ4v) is 9.55. The summed E-state index contributed by atoms with van der Waals surface area (Å²) in [6.07, 6.45) is 0.874. The molecule has 1 fully saturated rings. The van der Waals surface area contributed by atoms with Crippen LogP contribution in [-0.4, -0.2) is 18.5 Å². The molecule has 2 unspecified atom stereocenters. The van der Waals surface area contributed by atoms with Crippen molar-refractivity contribution in [2.24, 2.45) is 0 Å². The first kappa shape index (κ1) is 24.4. The molecule has 0 amide bonds. The highest BCUT2D eigenvalue weighted by Crippen LogP contribution is 2.55. The molecule has 0 bridgehead atoms. The van der Waals surface area contributed by atoms with Gasteiger partial charge >= 0.3 is 0 Å². The topological polar surface area (TPSA) is 37.4 Å². The third kappa shape index (κ3) is 4.13. The van der Waals surface area contributed by atoms with Gasteiger partial charge in [0.1, 0.15) is 0 Å². The number of rotatable bonds is 4. The van der Waals surface area contributed by atoms with E-state index in [2.05, 4.69) is 120 Å². The van der Waals surface area contributed by atoms with Gasteiger partial charge < -0.3 is 4.90 Å². The predicted molar refractivity (Wildman–Crippen MR) is 156 cm³/mol. The maximum absolute atomic E-state index is 12.9. The van der Waals surface area contributed by atoms with E-state index in [9.17, 15) is 8.42 Å². The van der Waals surface area contributed by atoms with E-state index in [4.69, 9.17) is 0 Å². The summed E-state index contributed by atoms with van der Waals surface area (Å²) in [4.78, 5) is 2.85. The molecule has 6 rings (SSSR count). The van der Waals surface area contributed by atoms with E-state index in [-0.39, 0.29) is 21.4 Å². The molecule has 0 N–H and O–H groups in total. The molecule has 4 aromatic carbocycles. The Hall–Kier alpha value is -2.89. The maximum atomic E-state index is 12.9.